The van der Waals surface area contributed by atoms with Gasteiger partial charge in [-0.15, -0.1) is 0 Å². The standard InChI is InChI=1S/C9H19FNO6P/c1-4-16-9(3,17-5-2)18(14,15)8(10)6-7-11(12)13/h8H,4-7H2,1-3H3,(H,14,15). The minimum atomic E-state index is -4.51. The number of hydrogen-bond acceptors (Lipinski definition) is 5. The normalized spacial score (nSPS) is 17.2. The number of rotatable bonds is 9. The molecule has 1 N–H and O–H groups in total. The highest BCUT2D eigenvalue weighted by Gasteiger charge is 2.51. The third kappa shape index (κ3) is 4.28. The van der Waals surface area contributed by atoms with Crippen molar-refractivity contribution in [1.82, 2.24) is 0 Å². The van der Waals surface area contributed by atoms with E-state index >= 15 is 0 Å². The molecule has 2 unspecified atom stereocenters. The van der Waals surface area contributed by atoms with Crippen molar-refractivity contribution in [3.63, 3.8) is 0 Å². The largest absolute Gasteiger partial charge is 0.342 e. The molecule has 0 aromatic heterocycles. The highest BCUT2D eigenvalue weighted by molar-refractivity contribution is 7.59. The summed E-state index contributed by atoms with van der Waals surface area (Å²) in [6, 6.07) is 0. The molecule has 0 bridgehead atoms. The summed E-state index contributed by atoms with van der Waals surface area (Å²) in [4.78, 5) is 19.2. The lowest BCUT2D eigenvalue weighted by Gasteiger charge is -2.34. The van der Waals surface area contributed by atoms with E-state index < -0.39 is 36.7 Å². The second kappa shape index (κ2) is 7.13. The second-order valence-electron chi connectivity index (χ2n) is 3.67. The number of hydrogen-bond donors (Lipinski definition) is 1. The quantitative estimate of drug-likeness (QED) is 0.301. The van der Waals surface area contributed by atoms with E-state index in [0.29, 0.717) is 0 Å². The van der Waals surface area contributed by atoms with Crippen LogP contribution in [0.25, 0.3) is 0 Å². The van der Waals surface area contributed by atoms with E-state index in [4.69, 9.17) is 9.47 Å². The summed E-state index contributed by atoms with van der Waals surface area (Å²) in [7, 11) is -4.51. The van der Waals surface area contributed by atoms with Crippen LogP contribution in [-0.2, 0) is 14.0 Å². The molecular weight excluding hydrogens is 268 g/mol. The van der Waals surface area contributed by atoms with Crippen LogP contribution in [0, 0.1) is 10.1 Å². The highest BCUT2D eigenvalue weighted by atomic mass is 31.2. The fourth-order valence-electron chi connectivity index (χ4n) is 1.40. The first-order valence-corrected chi connectivity index (χ1v) is 7.30. The fraction of sp³-hybridized carbons (Fsp3) is 1.00. The predicted octanol–water partition coefficient (Wildman–Crippen LogP) is 1.97. The van der Waals surface area contributed by atoms with Crippen LogP contribution in [0.15, 0.2) is 0 Å². The minimum Gasteiger partial charge on any atom is -0.342 e. The molecule has 0 radical (unpaired) electrons. The van der Waals surface area contributed by atoms with Gasteiger partial charge in [-0.1, -0.05) is 0 Å². The van der Waals surface area contributed by atoms with Gasteiger partial charge >= 0.3 is 0 Å². The lowest BCUT2D eigenvalue weighted by Crippen LogP contribution is -2.36. The van der Waals surface area contributed by atoms with Gasteiger partial charge in [0.25, 0.3) is 7.37 Å². The lowest BCUT2D eigenvalue weighted by molar-refractivity contribution is -0.481. The molecular formula is C9H19FNO6P. The summed E-state index contributed by atoms with van der Waals surface area (Å²) in [5.74, 6) is -2.26. The molecule has 0 fully saturated rings. The molecule has 0 saturated carbocycles. The maximum absolute atomic E-state index is 13.7. The van der Waals surface area contributed by atoms with Crippen molar-refractivity contribution < 1.29 is 28.2 Å². The SMILES string of the molecule is CCOC(C)(OCC)P(=O)(O)C(F)CC[N+](=O)[O-]. The Morgan fingerprint density at radius 3 is 2.22 bits per heavy atom. The Hall–Kier alpha value is -0.560. The van der Waals surface area contributed by atoms with Crippen molar-refractivity contribution >= 4 is 7.37 Å². The van der Waals surface area contributed by atoms with Crippen LogP contribution in [0.2, 0.25) is 0 Å². The first-order chi connectivity index (χ1) is 8.21. The van der Waals surface area contributed by atoms with E-state index in [2.05, 4.69) is 0 Å². The van der Waals surface area contributed by atoms with Gasteiger partial charge in [0.2, 0.25) is 12.1 Å². The molecule has 0 aliphatic rings. The molecule has 0 aliphatic carbocycles. The summed E-state index contributed by atoms with van der Waals surface area (Å²) >= 11 is 0. The smallest absolute Gasteiger partial charge is 0.291 e. The fourth-order valence-corrected chi connectivity index (χ4v) is 3.01. The Labute approximate surface area is 105 Å². The van der Waals surface area contributed by atoms with Crippen molar-refractivity contribution in [3.8, 4) is 0 Å². The van der Waals surface area contributed by atoms with E-state index in [9.17, 15) is 24.0 Å². The van der Waals surface area contributed by atoms with Gasteiger partial charge in [0.1, 0.15) is 0 Å². The van der Waals surface area contributed by atoms with Crippen LogP contribution in [0.4, 0.5) is 4.39 Å². The second-order valence-corrected chi connectivity index (χ2v) is 6.28. The molecule has 0 amide bonds. The van der Waals surface area contributed by atoms with Gasteiger partial charge < -0.3 is 14.4 Å². The zero-order valence-electron chi connectivity index (χ0n) is 10.7. The van der Waals surface area contributed by atoms with Gasteiger partial charge in [0.05, 0.1) is 6.42 Å². The molecule has 0 spiro atoms. The van der Waals surface area contributed by atoms with Crippen molar-refractivity contribution in [1.29, 1.82) is 0 Å². The van der Waals surface area contributed by atoms with Gasteiger partial charge in [-0.2, -0.15) is 0 Å². The highest BCUT2D eigenvalue weighted by Crippen LogP contribution is 2.60. The predicted molar refractivity (Wildman–Crippen MR) is 62.9 cm³/mol. The van der Waals surface area contributed by atoms with E-state index in [1.165, 1.54) is 6.92 Å². The van der Waals surface area contributed by atoms with E-state index in [1.54, 1.807) is 13.8 Å². The number of nitro groups is 1. The Morgan fingerprint density at radius 1 is 1.44 bits per heavy atom. The molecule has 0 saturated heterocycles. The van der Waals surface area contributed by atoms with Crippen molar-refractivity contribution in [2.24, 2.45) is 0 Å². The van der Waals surface area contributed by atoms with Gasteiger partial charge in [-0.3, -0.25) is 14.7 Å². The molecule has 0 aliphatic heterocycles. The maximum atomic E-state index is 13.7. The third-order valence-electron chi connectivity index (χ3n) is 2.34. The molecule has 0 aromatic carbocycles. The zero-order chi connectivity index (χ0) is 14.4. The number of halogens is 1. The van der Waals surface area contributed by atoms with Gasteiger partial charge in [-0.25, -0.2) is 4.39 Å². The lowest BCUT2D eigenvalue weighted by atomic mass is 10.5. The minimum absolute atomic E-state index is 0.0585. The molecule has 108 valence electrons. The molecule has 9 heteroatoms. The molecule has 0 heterocycles. The van der Waals surface area contributed by atoms with Gasteiger partial charge in [-0.05, 0) is 20.8 Å². The Morgan fingerprint density at radius 2 is 1.89 bits per heavy atom. The maximum Gasteiger partial charge on any atom is 0.291 e. The average Bonchev–Trinajstić information content (AvgIpc) is 2.26. The Balaban J connectivity index is 4.92. The van der Waals surface area contributed by atoms with Crippen LogP contribution < -0.4 is 0 Å². The van der Waals surface area contributed by atoms with Gasteiger partial charge in [0.15, 0.2) is 5.91 Å². The third-order valence-corrected chi connectivity index (χ3v) is 4.78. The Bertz CT molecular complexity index is 320. The van der Waals surface area contributed by atoms with Crippen molar-refractivity contribution in [2.45, 2.75) is 38.6 Å². The topological polar surface area (TPSA) is 98.9 Å². The molecule has 18 heavy (non-hydrogen) atoms. The van der Waals surface area contributed by atoms with Crippen molar-refractivity contribution in [3.05, 3.63) is 10.1 Å². The number of ether oxygens (including phenoxy) is 2. The monoisotopic (exact) mass is 287 g/mol. The summed E-state index contributed by atoms with van der Waals surface area (Å²) in [6.45, 7) is 3.70. The molecule has 0 rings (SSSR count). The number of alkyl halides is 1. The van der Waals surface area contributed by atoms with E-state index in [-0.39, 0.29) is 13.2 Å². The summed E-state index contributed by atoms with van der Waals surface area (Å²) in [5, 5.41) is 10.1. The first-order valence-electron chi connectivity index (χ1n) is 5.57. The molecule has 2 atom stereocenters. The summed E-state index contributed by atoms with van der Waals surface area (Å²) < 4.78 is 35.8. The summed E-state index contributed by atoms with van der Waals surface area (Å²) in [6.07, 6.45) is -0.656. The van der Waals surface area contributed by atoms with Crippen molar-refractivity contribution in [2.75, 3.05) is 19.8 Å². The van der Waals surface area contributed by atoms with Crippen LogP contribution >= 0.6 is 7.37 Å². The van der Waals surface area contributed by atoms with Crippen LogP contribution in [0.1, 0.15) is 27.2 Å². The van der Waals surface area contributed by atoms with Crippen LogP contribution in [0.3, 0.4) is 0 Å². The Kier molecular flexibility index (Phi) is 6.91. The summed E-state index contributed by atoms with van der Waals surface area (Å²) in [5.41, 5.74) is -1.98. The zero-order valence-corrected chi connectivity index (χ0v) is 11.6. The number of nitrogens with zero attached hydrogens (tertiary/aromatic N) is 1. The molecule has 7 nitrogen and oxygen atoms in total. The molecule has 0 aromatic rings. The van der Waals surface area contributed by atoms with Crippen LogP contribution in [0.5, 0.6) is 0 Å². The average molecular weight is 287 g/mol. The van der Waals surface area contributed by atoms with E-state index in [0.717, 1.165) is 0 Å². The van der Waals surface area contributed by atoms with E-state index in [1.807, 2.05) is 0 Å². The van der Waals surface area contributed by atoms with Gasteiger partial charge in [0, 0.05) is 18.1 Å². The first kappa shape index (κ1) is 17.4. The van der Waals surface area contributed by atoms with Crippen LogP contribution in [-0.4, -0.2) is 41.0 Å².